The molecule has 3 heterocycles. The van der Waals surface area contributed by atoms with Crippen LogP contribution in [-0.2, 0) is 16.6 Å². The van der Waals surface area contributed by atoms with E-state index in [1.807, 2.05) is 36.0 Å². The Hall–Kier alpha value is -1.15. The second-order valence-electron chi connectivity index (χ2n) is 5.68. The number of amides is 1. The summed E-state index contributed by atoms with van der Waals surface area (Å²) in [7, 11) is 1.97. The molecule has 2 aliphatic rings. The predicted octanol–water partition coefficient (Wildman–Crippen LogP) is 1.95. The van der Waals surface area contributed by atoms with Gasteiger partial charge >= 0.3 is 0 Å². The monoisotopic (exact) mass is 351 g/mol. The number of aromatic nitrogens is 1. The van der Waals surface area contributed by atoms with Crippen LogP contribution in [0, 0.1) is 0 Å². The number of morpholine rings is 1. The van der Waals surface area contributed by atoms with Crippen LogP contribution in [0.25, 0.3) is 6.08 Å². The first-order valence-electron chi connectivity index (χ1n) is 7.82. The Morgan fingerprint density at radius 3 is 2.83 bits per heavy atom. The number of thiocarbonyl (C=S) groups is 1. The lowest BCUT2D eigenvalue weighted by Gasteiger charge is -2.27. The first-order valence-corrected chi connectivity index (χ1v) is 9.04. The molecule has 0 aromatic carbocycles. The lowest BCUT2D eigenvalue weighted by Crippen LogP contribution is -2.38. The van der Waals surface area contributed by atoms with Gasteiger partial charge in [0, 0.05) is 45.1 Å². The molecular formula is C16H21N3O2S2. The maximum atomic E-state index is 12.5. The van der Waals surface area contributed by atoms with E-state index in [9.17, 15) is 4.79 Å². The molecule has 0 unspecified atom stereocenters. The van der Waals surface area contributed by atoms with Crippen LogP contribution in [0.15, 0.2) is 23.2 Å². The summed E-state index contributed by atoms with van der Waals surface area (Å²) in [5, 5.41) is 0. The number of carbonyl (C=O) groups excluding carboxylic acids is 1. The number of hydrogen-bond acceptors (Lipinski definition) is 5. The van der Waals surface area contributed by atoms with Crippen LogP contribution in [0.1, 0.15) is 12.1 Å². The fourth-order valence-electron chi connectivity index (χ4n) is 2.73. The van der Waals surface area contributed by atoms with Crippen LogP contribution in [0.4, 0.5) is 0 Å². The zero-order chi connectivity index (χ0) is 16.2. The van der Waals surface area contributed by atoms with Gasteiger partial charge in [0.15, 0.2) is 0 Å². The van der Waals surface area contributed by atoms with Crippen molar-refractivity contribution in [1.82, 2.24) is 14.4 Å². The fourth-order valence-corrected chi connectivity index (χ4v) is 4.02. The standard InChI is InChI=1S/C16H21N3O2S2/c1-17-5-2-4-13(17)12-14-15(20)19(16(22)23-14)7-3-6-18-8-10-21-11-9-18/h2,4-5,12H,3,6-11H2,1H3. The molecule has 5 nitrogen and oxygen atoms in total. The largest absolute Gasteiger partial charge is 0.379 e. The van der Waals surface area contributed by atoms with Crippen LogP contribution >= 0.6 is 24.0 Å². The van der Waals surface area contributed by atoms with Gasteiger partial charge in [0.05, 0.1) is 18.1 Å². The average molecular weight is 351 g/mol. The zero-order valence-corrected chi connectivity index (χ0v) is 14.9. The molecule has 2 saturated heterocycles. The quantitative estimate of drug-likeness (QED) is 0.599. The van der Waals surface area contributed by atoms with E-state index in [4.69, 9.17) is 17.0 Å². The van der Waals surface area contributed by atoms with Gasteiger partial charge in [0.1, 0.15) is 4.32 Å². The van der Waals surface area contributed by atoms with Gasteiger partial charge in [-0.15, -0.1) is 0 Å². The molecule has 2 fully saturated rings. The number of ether oxygens (including phenoxy) is 1. The third-order valence-electron chi connectivity index (χ3n) is 4.10. The van der Waals surface area contributed by atoms with Crippen LogP contribution < -0.4 is 0 Å². The molecule has 0 radical (unpaired) electrons. The topological polar surface area (TPSA) is 37.7 Å². The summed E-state index contributed by atoms with van der Waals surface area (Å²) >= 11 is 6.78. The summed E-state index contributed by atoms with van der Waals surface area (Å²) in [5.41, 5.74) is 1.01. The van der Waals surface area contributed by atoms with Crippen LogP contribution in [-0.4, -0.2) is 64.0 Å². The van der Waals surface area contributed by atoms with E-state index in [0.717, 1.165) is 45.0 Å². The molecule has 0 bridgehead atoms. The molecule has 0 saturated carbocycles. The molecule has 1 aromatic heterocycles. The van der Waals surface area contributed by atoms with E-state index in [2.05, 4.69) is 4.90 Å². The van der Waals surface area contributed by atoms with Crippen molar-refractivity contribution < 1.29 is 9.53 Å². The highest BCUT2D eigenvalue weighted by atomic mass is 32.2. The van der Waals surface area contributed by atoms with Gasteiger partial charge in [0.25, 0.3) is 5.91 Å². The van der Waals surface area contributed by atoms with Gasteiger partial charge in [-0.3, -0.25) is 14.6 Å². The maximum Gasteiger partial charge on any atom is 0.266 e. The first kappa shape index (κ1) is 16.7. The number of rotatable bonds is 5. The lowest BCUT2D eigenvalue weighted by molar-refractivity contribution is -0.122. The van der Waals surface area contributed by atoms with E-state index in [0.29, 0.717) is 15.8 Å². The second kappa shape index (κ2) is 7.61. The number of thioether (sulfide) groups is 1. The summed E-state index contributed by atoms with van der Waals surface area (Å²) in [6.45, 7) is 5.24. The van der Waals surface area contributed by atoms with E-state index >= 15 is 0 Å². The third kappa shape index (κ3) is 4.03. The third-order valence-corrected chi connectivity index (χ3v) is 5.47. The van der Waals surface area contributed by atoms with Crippen LogP contribution in [0.3, 0.4) is 0 Å². The molecule has 0 atom stereocenters. The highest BCUT2D eigenvalue weighted by Crippen LogP contribution is 2.32. The van der Waals surface area contributed by atoms with Crippen molar-refractivity contribution in [3.8, 4) is 0 Å². The Morgan fingerprint density at radius 2 is 2.13 bits per heavy atom. The summed E-state index contributed by atoms with van der Waals surface area (Å²) in [4.78, 5) is 17.4. The van der Waals surface area contributed by atoms with E-state index < -0.39 is 0 Å². The fraction of sp³-hybridized carbons (Fsp3) is 0.500. The smallest absolute Gasteiger partial charge is 0.266 e. The summed E-state index contributed by atoms with van der Waals surface area (Å²) in [5.74, 6) is 0.0307. The summed E-state index contributed by atoms with van der Waals surface area (Å²) in [6.07, 6.45) is 4.82. The maximum absolute atomic E-state index is 12.5. The molecule has 2 aliphatic heterocycles. The van der Waals surface area contributed by atoms with Crippen molar-refractivity contribution in [3.63, 3.8) is 0 Å². The predicted molar refractivity (Wildman–Crippen MR) is 97.2 cm³/mol. The average Bonchev–Trinajstić information content (AvgIpc) is 3.07. The van der Waals surface area contributed by atoms with Crippen LogP contribution in [0.5, 0.6) is 0 Å². The number of hydrogen-bond donors (Lipinski definition) is 0. The Balaban J connectivity index is 1.56. The molecule has 23 heavy (non-hydrogen) atoms. The normalized spacial score (nSPS) is 21.6. The second-order valence-corrected chi connectivity index (χ2v) is 7.36. The summed E-state index contributed by atoms with van der Waals surface area (Å²) in [6, 6.07) is 3.96. The minimum atomic E-state index is 0.0307. The lowest BCUT2D eigenvalue weighted by atomic mass is 10.3. The minimum Gasteiger partial charge on any atom is -0.379 e. The van der Waals surface area contributed by atoms with Gasteiger partial charge in [-0.2, -0.15) is 0 Å². The van der Waals surface area contributed by atoms with Crippen molar-refractivity contribution >= 4 is 40.3 Å². The number of carbonyl (C=O) groups is 1. The molecule has 0 N–H and O–H groups in total. The van der Waals surface area contributed by atoms with Crippen molar-refractivity contribution in [2.45, 2.75) is 6.42 Å². The van der Waals surface area contributed by atoms with Crippen molar-refractivity contribution in [3.05, 3.63) is 28.9 Å². The Morgan fingerprint density at radius 1 is 1.35 bits per heavy atom. The summed E-state index contributed by atoms with van der Waals surface area (Å²) < 4.78 is 8.00. The van der Waals surface area contributed by atoms with Crippen LogP contribution in [0.2, 0.25) is 0 Å². The van der Waals surface area contributed by atoms with Gasteiger partial charge < -0.3 is 9.30 Å². The molecule has 1 aromatic rings. The highest BCUT2D eigenvalue weighted by Gasteiger charge is 2.31. The minimum absolute atomic E-state index is 0.0307. The molecular weight excluding hydrogens is 330 g/mol. The molecule has 3 rings (SSSR count). The zero-order valence-electron chi connectivity index (χ0n) is 13.2. The molecule has 1 amide bonds. The number of nitrogens with zero attached hydrogens (tertiary/aromatic N) is 3. The highest BCUT2D eigenvalue weighted by molar-refractivity contribution is 8.26. The van der Waals surface area contributed by atoms with Gasteiger partial charge in [-0.25, -0.2) is 0 Å². The first-order chi connectivity index (χ1) is 11.1. The Bertz CT molecular complexity index is 621. The van der Waals surface area contributed by atoms with Crippen molar-refractivity contribution in [2.24, 2.45) is 7.05 Å². The molecule has 7 heteroatoms. The van der Waals surface area contributed by atoms with Crippen molar-refractivity contribution in [1.29, 1.82) is 0 Å². The molecule has 124 valence electrons. The Labute approximate surface area is 146 Å². The van der Waals surface area contributed by atoms with E-state index in [1.54, 1.807) is 4.90 Å². The molecule has 0 aliphatic carbocycles. The van der Waals surface area contributed by atoms with Crippen molar-refractivity contribution in [2.75, 3.05) is 39.4 Å². The van der Waals surface area contributed by atoms with Gasteiger partial charge in [0.2, 0.25) is 0 Å². The number of aryl methyl sites for hydroxylation is 1. The van der Waals surface area contributed by atoms with Gasteiger partial charge in [-0.1, -0.05) is 24.0 Å². The molecule has 0 spiro atoms. The SMILES string of the molecule is Cn1cccc1C=C1SC(=S)N(CCCN2CCOCC2)C1=O. The van der Waals surface area contributed by atoms with E-state index in [1.165, 1.54) is 11.8 Å². The Kier molecular flexibility index (Phi) is 5.53. The van der Waals surface area contributed by atoms with Gasteiger partial charge in [-0.05, 0) is 24.6 Å². The van der Waals surface area contributed by atoms with E-state index in [-0.39, 0.29) is 5.91 Å².